The van der Waals surface area contributed by atoms with E-state index in [0.717, 1.165) is 24.0 Å². The van der Waals surface area contributed by atoms with Gasteiger partial charge in [-0.25, -0.2) is 9.97 Å². The van der Waals surface area contributed by atoms with E-state index in [1.165, 1.54) is 17.7 Å². The highest BCUT2D eigenvalue weighted by molar-refractivity contribution is 7.09. The van der Waals surface area contributed by atoms with Gasteiger partial charge >= 0.3 is 0 Å². The van der Waals surface area contributed by atoms with Crippen molar-refractivity contribution in [2.75, 3.05) is 31.1 Å². The fourth-order valence-corrected chi connectivity index (χ4v) is 3.02. The number of carbonyl (C=O) groups is 1. The van der Waals surface area contributed by atoms with Gasteiger partial charge in [0.25, 0.3) is 5.91 Å². The number of piperazine rings is 1. The molecule has 0 radical (unpaired) electrons. The zero-order valence-corrected chi connectivity index (χ0v) is 13.1. The predicted octanol–water partition coefficient (Wildman–Crippen LogP) is 1.86. The van der Waals surface area contributed by atoms with Crippen LogP contribution in [0.3, 0.4) is 0 Å². The molecule has 0 aromatic carbocycles. The Kier molecular flexibility index (Phi) is 4.03. The van der Waals surface area contributed by atoms with Gasteiger partial charge in [-0.2, -0.15) is 4.37 Å². The topological polar surface area (TPSA) is 62.2 Å². The van der Waals surface area contributed by atoms with Crippen molar-refractivity contribution in [3.63, 3.8) is 0 Å². The highest BCUT2D eigenvalue weighted by atomic mass is 35.5. The van der Waals surface area contributed by atoms with Crippen molar-refractivity contribution in [1.82, 2.24) is 19.2 Å². The quantitative estimate of drug-likeness (QED) is 0.844. The number of pyridine rings is 1. The van der Waals surface area contributed by atoms with Crippen LogP contribution < -0.4 is 4.90 Å². The Hall–Kier alpha value is -1.73. The van der Waals surface area contributed by atoms with E-state index in [2.05, 4.69) is 19.2 Å². The van der Waals surface area contributed by atoms with E-state index < -0.39 is 0 Å². The lowest BCUT2D eigenvalue weighted by Crippen LogP contribution is -2.49. The molecule has 2 aromatic rings. The first-order valence-electron chi connectivity index (χ1n) is 6.59. The SMILES string of the molecule is Cc1nsc(N2CCN(C(=O)c3ccc(Cl)cn3)CC2)n1. The standard InChI is InChI=1S/C13H14ClN5OS/c1-9-16-13(21-17-9)19-6-4-18(5-7-19)12(20)11-3-2-10(14)8-15-11/h2-3,8H,4-7H2,1H3. The Balaban J connectivity index is 1.63. The smallest absolute Gasteiger partial charge is 0.272 e. The van der Waals surface area contributed by atoms with Gasteiger partial charge in [-0.15, -0.1) is 0 Å². The molecule has 110 valence electrons. The summed E-state index contributed by atoms with van der Waals surface area (Å²) in [6.07, 6.45) is 1.50. The summed E-state index contributed by atoms with van der Waals surface area (Å²) in [5.41, 5.74) is 0.430. The minimum absolute atomic E-state index is 0.0558. The van der Waals surface area contributed by atoms with Crippen LogP contribution in [-0.4, -0.2) is 51.3 Å². The Labute approximate surface area is 131 Å². The lowest BCUT2D eigenvalue weighted by Gasteiger charge is -2.34. The highest BCUT2D eigenvalue weighted by Gasteiger charge is 2.24. The van der Waals surface area contributed by atoms with Crippen LogP contribution in [0.4, 0.5) is 5.13 Å². The van der Waals surface area contributed by atoms with Crippen LogP contribution in [0.15, 0.2) is 18.3 Å². The van der Waals surface area contributed by atoms with Gasteiger partial charge in [0, 0.05) is 43.9 Å². The van der Waals surface area contributed by atoms with Gasteiger partial charge in [-0.05, 0) is 19.1 Å². The fourth-order valence-electron chi connectivity index (χ4n) is 2.18. The van der Waals surface area contributed by atoms with Crippen LogP contribution in [-0.2, 0) is 0 Å². The first-order valence-corrected chi connectivity index (χ1v) is 7.75. The van der Waals surface area contributed by atoms with Crippen LogP contribution in [0, 0.1) is 6.92 Å². The normalized spacial score (nSPS) is 15.3. The molecule has 8 heteroatoms. The van der Waals surface area contributed by atoms with E-state index in [1.807, 2.05) is 6.92 Å². The number of aromatic nitrogens is 3. The number of aryl methyl sites for hydroxylation is 1. The molecule has 0 N–H and O–H groups in total. The largest absolute Gasteiger partial charge is 0.343 e. The molecule has 6 nitrogen and oxygen atoms in total. The Morgan fingerprint density at radius 2 is 2.05 bits per heavy atom. The monoisotopic (exact) mass is 323 g/mol. The van der Waals surface area contributed by atoms with Crippen molar-refractivity contribution >= 4 is 34.2 Å². The third kappa shape index (κ3) is 3.14. The second-order valence-electron chi connectivity index (χ2n) is 4.77. The van der Waals surface area contributed by atoms with Crippen LogP contribution in [0.5, 0.6) is 0 Å². The average molecular weight is 324 g/mol. The molecule has 0 unspecified atom stereocenters. The van der Waals surface area contributed by atoms with Gasteiger partial charge in [0.15, 0.2) is 0 Å². The Bertz CT molecular complexity index is 636. The second kappa shape index (κ2) is 5.95. The third-order valence-electron chi connectivity index (χ3n) is 3.30. The second-order valence-corrected chi connectivity index (χ2v) is 5.93. The lowest BCUT2D eigenvalue weighted by molar-refractivity contribution is 0.0741. The first-order chi connectivity index (χ1) is 10.1. The lowest BCUT2D eigenvalue weighted by atomic mass is 10.2. The van der Waals surface area contributed by atoms with Crippen LogP contribution in [0.1, 0.15) is 16.3 Å². The summed E-state index contributed by atoms with van der Waals surface area (Å²) in [5, 5.41) is 1.45. The van der Waals surface area contributed by atoms with Gasteiger partial charge in [-0.1, -0.05) is 11.6 Å². The zero-order valence-electron chi connectivity index (χ0n) is 11.5. The number of carbonyl (C=O) groups excluding carboxylic acids is 1. The molecular formula is C13H14ClN5OS. The van der Waals surface area contributed by atoms with E-state index in [9.17, 15) is 4.79 Å². The molecule has 1 fully saturated rings. The predicted molar refractivity (Wildman–Crippen MR) is 82.0 cm³/mol. The Morgan fingerprint density at radius 1 is 1.29 bits per heavy atom. The van der Waals surface area contributed by atoms with E-state index >= 15 is 0 Å². The molecule has 3 heterocycles. The van der Waals surface area contributed by atoms with Crippen LogP contribution in [0.2, 0.25) is 5.02 Å². The molecule has 1 aliphatic rings. The van der Waals surface area contributed by atoms with Gasteiger partial charge in [0.2, 0.25) is 5.13 Å². The Morgan fingerprint density at radius 3 is 2.62 bits per heavy atom. The minimum Gasteiger partial charge on any atom is -0.343 e. The van der Waals surface area contributed by atoms with Crippen molar-refractivity contribution in [3.05, 3.63) is 34.9 Å². The highest BCUT2D eigenvalue weighted by Crippen LogP contribution is 2.19. The van der Waals surface area contributed by atoms with Crippen molar-refractivity contribution in [2.24, 2.45) is 0 Å². The molecule has 2 aromatic heterocycles. The molecule has 1 amide bonds. The van der Waals surface area contributed by atoms with E-state index in [1.54, 1.807) is 17.0 Å². The number of halogens is 1. The molecule has 1 aliphatic heterocycles. The number of amides is 1. The van der Waals surface area contributed by atoms with Gasteiger partial charge in [0.1, 0.15) is 11.5 Å². The average Bonchev–Trinajstić information content (AvgIpc) is 2.94. The maximum atomic E-state index is 12.3. The summed E-state index contributed by atoms with van der Waals surface area (Å²) in [6, 6.07) is 3.34. The van der Waals surface area contributed by atoms with E-state index in [-0.39, 0.29) is 5.91 Å². The minimum atomic E-state index is -0.0558. The van der Waals surface area contributed by atoms with E-state index in [0.29, 0.717) is 23.8 Å². The zero-order chi connectivity index (χ0) is 14.8. The van der Waals surface area contributed by atoms with Crippen LogP contribution in [0.25, 0.3) is 0 Å². The molecule has 0 bridgehead atoms. The van der Waals surface area contributed by atoms with Crippen molar-refractivity contribution in [1.29, 1.82) is 0 Å². The summed E-state index contributed by atoms with van der Waals surface area (Å²) in [4.78, 5) is 24.7. The molecule has 0 saturated carbocycles. The number of anilines is 1. The molecule has 0 aliphatic carbocycles. The third-order valence-corrected chi connectivity index (χ3v) is 4.39. The molecule has 1 saturated heterocycles. The molecular weight excluding hydrogens is 310 g/mol. The molecule has 3 rings (SSSR count). The van der Waals surface area contributed by atoms with Crippen molar-refractivity contribution in [2.45, 2.75) is 6.92 Å². The maximum absolute atomic E-state index is 12.3. The summed E-state index contributed by atoms with van der Waals surface area (Å²) in [7, 11) is 0. The number of nitrogens with zero attached hydrogens (tertiary/aromatic N) is 5. The number of hydrogen-bond acceptors (Lipinski definition) is 6. The summed E-state index contributed by atoms with van der Waals surface area (Å²) < 4.78 is 4.19. The first kappa shape index (κ1) is 14.2. The summed E-state index contributed by atoms with van der Waals surface area (Å²) in [6.45, 7) is 4.71. The van der Waals surface area contributed by atoms with Crippen molar-refractivity contribution < 1.29 is 4.79 Å². The van der Waals surface area contributed by atoms with Gasteiger partial charge in [-0.3, -0.25) is 4.79 Å². The van der Waals surface area contributed by atoms with Crippen LogP contribution >= 0.6 is 23.1 Å². The van der Waals surface area contributed by atoms with Gasteiger partial charge < -0.3 is 9.80 Å². The molecule has 0 atom stereocenters. The maximum Gasteiger partial charge on any atom is 0.272 e. The van der Waals surface area contributed by atoms with E-state index in [4.69, 9.17) is 11.6 Å². The number of hydrogen-bond donors (Lipinski definition) is 0. The number of rotatable bonds is 2. The van der Waals surface area contributed by atoms with Crippen molar-refractivity contribution in [3.8, 4) is 0 Å². The molecule has 21 heavy (non-hydrogen) atoms. The van der Waals surface area contributed by atoms with Gasteiger partial charge in [0.05, 0.1) is 5.02 Å². The fraction of sp³-hybridized carbons (Fsp3) is 0.385. The molecule has 0 spiro atoms. The summed E-state index contributed by atoms with van der Waals surface area (Å²) >= 11 is 7.18. The summed E-state index contributed by atoms with van der Waals surface area (Å²) in [5.74, 6) is 0.735.